The minimum absolute atomic E-state index is 0.123. The van der Waals surface area contributed by atoms with Crippen molar-refractivity contribution >= 4 is 11.9 Å². The molecule has 4 nitrogen and oxygen atoms in total. The molecule has 2 unspecified atom stereocenters. The molecule has 0 aromatic rings. The fourth-order valence-electron chi connectivity index (χ4n) is 1.81. The molecule has 104 valence electrons. The van der Waals surface area contributed by atoms with Crippen LogP contribution in [0.25, 0.3) is 0 Å². The Hall–Kier alpha value is -1.32. The summed E-state index contributed by atoms with van der Waals surface area (Å²) in [6.07, 6.45) is 3.53. The van der Waals surface area contributed by atoms with E-state index in [4.69, 9.17) is 4.74 Å². The maximum Gasteiger partial charge on any atom is 0.332 e. The van der Waals surface area contributed by atoms with Crippen molar-refractivity contribution in [1.29, 1.82) is 0 Å². The van der Waals surface area contributed by atoms with Crippen LogP contribution >= 0.6 is 0 Å². The second-order valence-electron chi connectivity index (χ2n) is 4.59. The molecule has 0 saturated heterocycles. The molecule has 4 heteroatoms. The number of carbonyl (C=O) groups is 2. The number of carbonyl (C=O) groups excluding carboxylic acids is 2. The van der Waals surface area contributed by atoms with Crippen molar-refractivity contribution in [2.24, 2.45) is 11.8 Å². The summed E-state index contributed by atoms with van der Waals surface area (Å²) >= 11 is 0. The van der Waals surface area contributed by atoms with Crippen molar-refractivity contribution < 1.29 is 14.3 Å². The lowest BCUT2D eigenvalue weighted by Crippen LogP contribution is -2.27. The number of nitrogens with one attached hydrogen (secondary N) is 1. The largest absolute Gasteiger partial charge is 0.463 e. The van der Waals surface area contributed by atoms with Crippen LogP contribution in [-0.2, 0) is 14.3 Å². The maximum atomic E-state index is 11.5. The lowest BCUT2D eigenvalue weighted by atomic mass is 9.89. The predicted molar refractivity (Wildman–Crippen MR) is 71.8 cm³/mol. The van der Waals surface area contributed by atoms with Crippen LogP contribution in [0.4, 0.5) is 0 Å². The van der Waals surface area contributed by atoms with Gasteiger partial charge in [0.05, 0.1) is 6.61 Å². The Labute approximate surface area is 110 Å². The van der Waals surface area contributed by atoms with Gasteiger partial charge < -0.3 is 10.1 Å². The fourth-order valence-corrected chi connectivity index (χ4v) is 1.81. The highest BCUT2D eigenvalue weighted by Gasteiger charge is 2.18. The Morgan fingerprint density at radius 3 is 2.33 bits per heavy atom. The molecule has 0 saturated carbocycles. The van der Waals surface area contributed by atoms with Gasteiger partial charge in [0, 0.05) is 18.7 Å². The van der Waals surface area contributed by atoms with E-state index in [1.54, 1.807) is 6.92 Å². The Morgan fingerprint density at radius 1 is 1.28 bits per heavy atom. The highest BCUT2D eigenvalue weighted by atomic mass is 16.5. The van der Waals surface area contributed by atoms with Crippen LogP contribution in [0.1, 0.15) is 47.5 Å². The molecule has 0 spiro atoms. The molecular formula is C14H25NO3. The molecule has 0 aliphatic carbocycles. The Bertz CT molecular complexity index is 310. The van der Waals surface area contributed by atoms with Crippen LogP contribution in [0.3, 0.4) is 0 Å². The molecule has 18 heavy (non-hydrogen) atoms. The smallest absolute Gasteiger partial charge is 0.332 e. The summed E-state index contributed by atoms with van der Waals surface area (Å²) in [5.41, 5.74) is 0.641. The van der Waals surface area contributed by atoms with Crippen LogP contribution in [0.15, 0.2) is 11.8 Å². The van der Waals surface area contributed by atoms with E-state index in [-0.39, 0.29) is 11.8 Å². The molecule has 1 N–H and O–H groups in total. The van der Waals surface area contributed by atoms with Crippen LogP contribution in [-0.4, -0.2) is 18.5 Å². The molecule has 0 bridgehead atoms. The topological polar surface area (TPSA) is 55.4 Å². The van der Waals surface area contributed by atoms with Gasteiger partial charge in [0.25, 0.3) is 0 Å². The van der Waals surface area contributed by atoms with Crippen molar-refractivity contribution in [3.63, 3.8) is 0 Å². The fraction of sp³-hybridized carbons (Fsp3) is 0.714. The molecule has 0 heterocycles. The van der Waals surface area contributed by atoms with Gasteiger partial charge in [-0.25, -0.2) is 4.79 Å². The van der Waals surface area contributed by atoms with Crippen LogP contribution in [0, 0.1) is 11.8 Å². The zero-order chi connectivity index (χ0) is 14.1. The monoisotopic (exact) mass is 255 g/mol. The number of ether oxygens (including phenoxy) is 1. The first-order valence-corrected chi connectivity index (χ1v) is 6.58. The van der Waals surface area contributed by atoms with Crippen molar-refractivity contribution in [2.75, 3.05) is 6.61 Å². The van der Waals surface area contributed by atoms with Crippen molar-refractivity contribution in [3.05, 3.63) is 11.8 Å². The second-order valence-corrected chi connectivity index (χ2v) is 4.59. The third-order valence-electron chi connectivity index (χ3n) is 2.97. The standard InChI is InChI=1S/C14H25NO3/c1-6-8-10(3)11(4)13(15-12(5)16)9-14(17)18-7-2/h9-11H,6-8H2,1-5H3,(H,15,16)/b13-9-. The van der Waals surface area contributed by atoms with E-state index in [2.05, 4.69) is 19.2 Å². The highest BCUT2D eigenvalue weighted by molar-refractivity contribution is 5.84. The average Bonchev–Trinajstić information content (AvgIpc) is 2.27. The molecule has 0 radical (unpaired) electrons. The van der Waals surface area contributed by atoms with Gasteiger partial charge in [0.15, 0.2) is 0 Å². The average molecular weight is 255 g/mol. The van der Waals surface area contributed by atoms with Gasteiger partial charge in [-0.1, -0.05) is 33.6 Å². The SMILES string of the molecule is CCCC(C)C(C)/C(=C/C(=O)OCC)NC(C)=O. The van der Waals surface area contributed by atoms with E-state index < -0.39 is 5.97 Å². The van der Waals surface area contributed by atoms with E-state index >= 15 is 0 Å². The van der Waals surface area contributed by atoms with E-state index in [1.165, 1.54) is 13.0 Å². The summed E-state index contributed by atoms with van der Waals surface area (Å²) < 4.78 is 4.88. The third kappa shape index (κ3) is 6.42. The molecule has 1 amide bonds. The van der Waals surface area contributed by atoms with E-state index in [0.29, 0.717) is 18.2 Å². The lowest BCUT2D eigenvalue weighted by Gasteiger charge is -2.22. The summed E-state index contributed by atoms with van der Waals surface area (Å²) in [4.78, 5) is 22.6. The molecule has 0 aromatic carbocycles. The zero-order valence-electron chi connectivity index (χ0n) is 12.1. The van der Waals surface area contributed by atoms with Crippen LogP contribution in [0.2, 0.25) is 0 Å². The van der Waals surface area contributed by atoms with Gasteiger partial charge in [-0.3, -0.25) is 4.79 Å². The summed E-state index contributed by atoms with van der Waals surface area (Å²) in [5, 5.41) is 2.73. The molecule has 0 fully saturated rings. The Kier molecular flexibility index (Phi) is 8.08. The Morgan fingerprint density at radius 2 is 1.89 bits per heavy atom. The first kappa shape index (κ1) is 16.7. The molecule has 0 rings (SSSR count). The zero-order valence-corrected chi connectivity index (χ0v) is 12.1. The molecular weight excluding hydrogens is 230 g/mol. The number of allylic oxidation sites excluding steroid dienone is 1. The third-order valence-corrected chi connectivity index (χ3v) is 2.97. The summed E-state index contributed by atoms with van der Waals surface area (Å²) in [7, 11) is 0. The number of amides is 1. The van der Waals surface area contributed by atoms with Gasteiger partial charge in [0.2, 0.25) is 5.91 Å². The summed E-state index contributed by atoms with van der Waals surface area (Å²) in [5.74, 6) is -0.0429. The second kappa shape index (κ2) is 8.72. The molecule has 2 atom stereocenters. The van der Waals surface area contributed by atoms with Gasteiger partial charge in [0.1, 0.15) is 0 Å². The van der Waals surface area contributed by atoms with E-state index in [1.807, 2.05) is 6.92 Å². The quantitative estimate of drug-likeness (QED) is 0.562. The van der Waals surface area contributed by atoms with Gasteiger partial charge in [-0.15, -0.1) is 0 Å². The minimum Gasteiger partial charge on any atom is -0.463 e. The van der Waals surface area contributed by atoms with Crippen molar-refractivity contribution in [1.82, 2.24) is 5.32 Å². The number of hydrogen-bond donors (Lipinski definition) is 1. The van der Waals surface area contributed by atoms with Gasteiger partial charge in [-0.05, 0) is 18.8 Å². The Balaban J connectivity index is 4.86. The summed E-state index contributed by atoms with van der Waals surface area (Å²) in [6.45, 7) is 9.79. The number of rotatable bonds is 7. The van der Waals surface area contributed by atoms with Gasteiger partial charge in [-0.2, -0.15) is 0 Å². The molecule has 0 aliphatic heterocycles. The molecule has 0 aliphatic rings. The van der Waals surface area contributed by atoms with Crippen LogP contribution < -0.4 is 5.32 Å². The lowest BCUT2D eigenvalue weighted by molar-refractivity contribution is -0.137. The van der Waals surface area contributed by atoms with E-state index in [9.17, 15) is 9.59 Å². The normalized spacial score (nSPS) is 14.8. The number of esters is 1. The minimum atomic E-state index is -0.406. The van der Waals surface area contributed by atoms with Crippen LogP contribution in [0.5, 0.6) is 0 Å². The first-order valence-electron chi connectivity index (χ1n) is 6.58. The van der Waals surface area contributed by atoms with Gasteiger partial charge >= 0.3 is 5.97 Å². The van der Waals surface area contributed by atoms with Crippen molar-refractivity contribution in [2.45, 2.75) is 47.5 Å². The first-order chi connectivity index (χ1) is 8.42. The number of hydrogen-bond acceptors (Lipinski definition) is 3. The predicted octanol–water partition coefficient (Wildman–Crippen LogP) is 2.64. The van der Waals surface area contributed by atoms with Crippen molar-refractivity contribution in [3.8, 4) is 0 Å². The molecule has 0 aromatic heterocycles. The maximum absolute atomic E-state index is 11.5. The highest BCUT2D eigenvalue weighted by Crippen LogP contribution is 2.22. The summed E-state index contributed by atoms with van der Waals surface area (Å²) in [6, 6.07) is 0. The van der Waals surface area contributed by atoms with E-state index in [0.717, 1.165) is 12.8 Å².